The third-order valence-corrected chi connectivity index (χ3v) is 3.85. The fraction of sp³-hybridized carbons (Fsp3) is 0.278. The van der Waals surface area contributed by atoms with Crippen molar-refractivity contribution in [3.05, 3.63) is 53.6 Å². The highest BCUT2D eigenvalue weighted by Crippen LogP contribution is 2.27. The third kappa shape index (κ3) is 3.16. The van der Waals surface area contributed by atoms with E-state index in [1.165, 1.54) is 0 Å². The normalized spacial score (nSPS) is 11.2. The van der Waals surface area contributed by atoms with Crippen molar-refractivity contribution in [2.75, 3.05) is 13.2 Å². The number of nitrogens with zero attached hydrogens (tertiary/aromatic N) is 2. The molecule has 1 heterocycles. The first-order valence-electron chi connectivity index (χ1n) is 7.58. The minimum absolute atomic E-state index is 0.734. The number of fused-ring (bicyclic) bond motifs is 1. The smallest absolute Gasteiger partial charge is 0.141 e. The molecule has 0 aliphatic rings. The van der Waals surface area contributed by atoms with Crippen molar-refractivity contribution in [3.8, 4) is 11.4 Å². The van der Waals surface area contributed by atoms with Gasteiger partial charge in [-0.15, -0.1) is 0 Å². The second-order valence-corrected chi connectivity index (χ2v) is 5.57. The summed E-state index contributed by atoms with van der Waals surface area (Å²) >= 11 is 6.16. The Balaban J connectivity index is 2.02. The summed E-state index contributed by atoms with van der Waals surface area (Å²) in [5, 5.41) is 0.734. The molecule has 1 aromatic heterocycles. The van der Waals surface area contributed by atoms with Gasteiger partial charge in [0.1, 0.15) is 5.82 Å². The molecule has 0 saturated carbocycles. The van der Waals surface area contributed by atoms with E-state index in [-0.39, 0.29) is 0 Å². The molecule has 0 radical (unpaired) electrons. The van der Waals surface area contributed by atoms with Gasteiger partial charge < -0.3 is 9.30 Å². The van der Waals surface area contributed by atoms with Crippen LogP contribution in [0.4, 0.5) is 0 Å². The monoisotopic (exact) mass is 314 g/mol. The van der Waals surface area contributed by atoms with Gasteiger partial charge in [0.05, 0.1) is 11.0 Å². The van der Waals surface area contributed by atoms with Crippen LogP contribution in [0.25, 0.3) is 22.4 Å². The Morgan fingerprint density at radius 1 is 1.14 bits per heavy atom. The van der Waals surface area contributed by atoms with Crippen molar-refractivity contribution < 1.29 is 4.74 Å². The van der Waals surface area contributed by atoms with Crippen LogP contribution >= 0.6 is 11.6 Å². The van der Waals surface area contributed by atoms with Crippen LogP contribution in [0.5, 0.6) is 0 Å². The van der Waals surface area contributed by atoms with Gasteiger partial charge in [0.15, 0.2) is 0 Å². The van der Waals surface area contributed by atoms with Gasteiger partial charge in [-0.05, 0) is 31.5 Å². The van der Waals surface area contributed by atoms with Crippen LogP contribution in [0.2, 0.25) is 5.02 Å². The van der Waals surface area contributed by atoms with Crippen molar-refractivity contribution in [1.29, 1.82) is 0 Å². The van der Waals surface area contributed by atoms with E-state index in [0.29, 0.717) is 0 Å². The van der Waals surface area contributed by atoms with Gasteiger partial charge in [0.25, 0.3) is 0 Å². The minimum atomic E-state index is 0.734. The molecular formula is C18H19ClN2O. The molecule has 0 aliphatic heterocycles. The first-order chi connectivity index (χ1) is 10.8. The van der Waals surface area contributed by atoms with Crippen LogP contribution in [0.3, 0.4) is 0 Å². The Bertz CT molecular complexity index is 752. The van der Waals surface area contributed by atoms with Gasteiger partial charge in [-0.1, -0.05) is 41.9 Å². The Labute approximate surface area is 135 Å². The lowest BCUT2D eigenvalue weighted by Crippen LogP contribution is -2.04. The van der Waals surface area contributed by atoms with Gasteiger partial charge in [0.2, 0.25) is 0 Å². The average molecular weight is 315 g/mol. The molecule has 0 fully saturated rings. The van der Waals surface area contributed by atoms with Gasteiger partial charge in [-0.2, -0.15) is 0 Å². The van der Waals surface area contributed by atoms with Gasteiger partial charge in [-0.25, -0.2) is 4.98 Å². The lowest BCUT2D eigenvalue weighted by Gasteiger charge is -2.09. The molecule has 114 valence electrons. The predicted molar refractivity (Wildman–Crippen MR) is 91.3 cm³/mol. The lowest BCUT2D eigenvalue weighted by atomic mass is 10.2. The summed E-state index contributed by atoms with van der Waals surface area (Å²) < 4.78 is 7.69. The molecule has 3 nitrogen and oxygen atoms in total. The summed E-state index contributed by atoms with van der Waals surface area (Å²) in [5.41, 5.74) is 3.16. The van der Waals surface area contributed by atoms with E-state index in [1.807, 2.05) is 43.3 Å². The highest BCUT2D eigenvalue weighted by atomic mass is 35.5. The maximum atomic E-state index is 6.16. The number of aromatic nitrogens is 2. The lowest BCUT2D eigenvalue weighted by molar-refractivity contribution is 0.142. The highest BCUT2D eigenvalue weighted by molar-refractivity contribution is 6.31. The van der Waals surface area contributed by atoms with Crippen LogP contribution < -0.4 is 0 Å². The number of rotatable bonds is 6. The number of halogens is 1. The summed E-state index contributed by atoms with van der Waals surface area (Å²) in [6.45, 7) is 4.38. The predicted octanol–water partition coefficient (Wildman–Crippen LogP) is 4.78. The Morgan fingerprint density at radius 2 is 1.95 bits per heavy atom. The summed E-state index contributed by atoms with van der Waals surface area (Å²) in [5.74, 6) is 0.981. The van der Waals surface area contributed by atoms with Crippen LogP contribution in [-0.4, -0.2) is 22.8 Å². The molecular weight excluding hydrogens is 296 g/mol. The van der Waals surface area contributed by atoms with Crippen molar-refractivity contribution >= 4 is 22.6 Å². The van der Waals surface area contributed by atoms with Crippen molar-refractivity contribution in [3.63, 3.8) is 0 Å². The number of hydrogen-bond donors (Lipinski definition) is 0. The number of aryl methyl sites for hydroxylation is 1. The standard InChI is InChI=1S/C18H19ClN2O/c1-2-22-12-6-11-21-17-13-15(19)9-10-16(17)20-18(21)14-7-4-3-5-8-14/h3-5,7-10,13H,2,6,11-12H2,1H3. The molecule has 0 N–H and O–H groups in total. The molecule has 22 heavy (non-hydrogen) atoms. The summed E-state index contributed by atoms with van der Waals surface area (Å²) in [6.07, 6.45) is 0.950. The molecule has 0 saturated heterocycles. The summed E-state index contributed by atoms with van der Waals surface area (Å²) in [6, 6.07) is 16.1. The third-order valence-electron chi connectivity index (χ3n) is 3.62. The van der Waals surface area contributed by atoms with Crippen molar-refractivity contribution in [1.82, 2.24) is 9.55 Å². The molecule has 0 unspecified atom stereocenters. The largest absolute Gasteiger partial charge is 0.382 e. The van der Waals surface area contributed by atoms with E-state index < -0.39 is 0 Å². The SMILES string of the molecule is CCOCCCn1c(-c2ccccc2)nc2ccc(Cl)cc21. The number of imidazole rings is 1. The van der Waals surface area contributed by atoms with Crippen LogP contribution in [0.1, 0.15) is 13.3 Å². The molecule has 3 rings (SSSR count). The summed E-state index contributed by atoms with van der Waals surface area (Å²) in [7, 11) is 0. The van der Waals surface area contributed by atoms with E-state index in [1.54, 1.807) is 0 Å². The van der Waals surface area contributed by atoms with Crippen molar-refractivity contribution in [2.24, 2.45) is 0 Å². The first kappa shape index (κ1) is 15.1. The maximum Gasteiger partial charge on any atom is 0.141 e. The highest BCUT2D eigenvalue weighted by Gasteiger charge is 2.12. The maximum absolute atomic E-state index is 6.16. The zero-order valence-corrected chi connectivity index (χ0v) is 13.4. The van der Waals surface area contributed by atoms with E-state index in [9.17, 15) is 0 Å². The van der Waals surface area contributed by atoms with Crippen molar-refractivity contribution in [2.45, 2.75) is 19.9 Å². The molecule has 4 heteroatoms. The fourth-order valence-electron chi connectivity index (χ4n) is 2.60. The molecule has 0 spiro atoms. The second kappa shape index (κ2) is 6.95. The molecule has 0 bridgehead atoms. The zero-order valence-electron chi connectivity index (χ0n) is 12.6. The Kier molecular flexibility index (Phi) is 4.76. The fourth-order valence-corrected chi connectivity index (χ4v) is 2.77. The molecule has 2 aromatic carbocycles. The van der Waals surface area contributed by atoms with Gasteiger partial charge in [0, 0.05) is 30.3 Å². The average Bonchev–Trinajstić information content (AvgIpc) is 2.90. The topological polar surface area (TPSA) is 27.1 Å². The van der Waals surface area contributed by atoms with Crippen LogP contribution in [-0.2, 0) is 11.3 Å². The zero-order chi connectivity index (χ0) is 15.4. The molecule has 0 atom stereocenters. The van der Waals surface area contributed by atoms with E-state index in [2.05, 4.69) is 16.7 Å². The van der Waals surface area contributed by atoms with E-state index >= 15 is 0 Å². The second-order valence-electron chi connectivity index (χ2n) is 5.14. The number of benzene rings is 2. The van der Waals surface area contributed by atoms with Crippen LogP contribution in [0.15, 0.2) is 48.5 Å². The quantitative estimate of drug-likeness (QED) is 0.612. The minimum Gasteiger partial charge on any atom is -0.382 e. The Morgan fingerprint density at radius 3 is 2.73 bits per heavy atom. The van der Waals surface area contributed by atoms with Gasteiger partial charge >= 0.3 is 0 Å². The van der Waals surface area contributed by atoms with E-state index in [0.717, 1.165) is 53.6 Å². The van der Waals surface area contributed by atoms with Crippen LogP contribution in [0, 0.1) is 0 Å². The van der Waals surface area contributed by atoms with Gasteiger partial charge in [-0.3, -0.25) is 0 Å². The van der Waals surface area contributed by atoms with E-state index in [4.69, 9.17) is 21.3 Å². The number of ether oxygens (including phenoxy) is 1. The molecule has 3 aromatic rings. The first-order valence-corrected chi connectivity index (χ1v) is 7.96. The molecule has 0 aliphatic carbocycles. The Hall–Kier alpha value is -1.84. The molecule has 0 amide bonds. The summed E-state index contributed by atoms with van der Waals surface area (Å²) in [4.78, 5) is 4.79. The number of hydrogen-bond acceptors (Lipinski definition) is 2.